The van der Waals surface area contributed by atoms with Crippen molar-refractivity contribution >= 4 is 0 Å². The predicted octanol–water partition coefficient (Wildman–Crippen LogP) is 4.05. The summed E-state index contributed by atoms with van der Waals surface area (Å²) >= 11 is 0. The summed E-state index contributed by atoms with van der Waals surface area (Å²) in [4.78, 5) is 2.84. The van der Waals surface area contributed by atoms with Crippen LogP contribution in [0.5, 0.6) is 0 Å². The van der Waals surface area contributed by atoms with E-state index in [1.807, 2.05) is 0 Å². The van der Waals surface area contributed by atoms with Gasteiger partial charge in [0.05, 0.1) is 0 Å². The molecule has 1 aromatic rings. The zero-order valence-corrected chi connectivity index (χ0v) is 11.8. The van der Waals surface area contributed by atoms with Gasteiger partial charge >= 0.3 is 0 Å². The Morgan fingerprint density at radius 1 is 0.842 bits per heavy atom. The van der Waals surface area contributed by atoms with Crippen molar-refractivity contribution in [2.75, 3.05) is 13.1 Å². The van der Waals surface area contributed by atoms with Crippen LogP contribution in [-0.4, -0.2) is 24.0 Å². The van der Waals surface area contributed by atoms with Crippen molar-refractivity contribution < 1.29 is 0 Å². The Kier molecular flexibility index (Phi) is 3.11. The number of piperidine rings is 1. The minimum absolute atomic E-state index is 0.816. The first-order chi connectivity index (χ1) is 9.40. The Balaban J connectivity index is 1.38. The van der Waals surface area contributed by atoms with Gasteiger partial charge in [0.2, 0.25) is 0 Å². The Hall–Kier alpha value is -0.820. The first-order valence-corrected chi connectivity index (χ1v) is 8.19. The van der Waals surface area contributed by atoms with Crippen LogP contribution in [0.15, 0.2) is 30.3 Å². The number of nitrogens with zero attached hydrogens (tertiary/aromatic N) is 1. The fourth-order valence-corrected chi connectivity index (χ4v) is 4.95. The molecule has 1 saturated heterocycles. The van der Waals surface area contributed by atoms with Gasteiger partial charge < -0.3 is 4.90 Å². The first kappa shape index (κ1) is 12.0. The standard InChI is InChI=1S/C18H25N/c1-2-4-15(5-3-1)16-8-10-19(11-9-16)18-13-14-6-7-17(18)12-14/h1-5,14,16-18H,6-13H2. The zero-order valence-electron chi connectivity index (χ0n) is 11.8. The molecule has 2 aliphatic carbocycles. The van der Waals surface area contributed by atoms with E-state index >= 15 is 0 Å². The maximum Gasteiger partial charge on any atom is 0.0126 e. The molecule has 1 aromatic carbocycles. The van der Waals surface area contributed by atoms with Gasteiger partial charge in [0, 0.05) is 6.04 Å². The smallest absolute Gasteiger partial charge is 0.0126 e. The summed E-state index contributed by atoms with van der Waals surface area (Å²) in [5.74, 6) is 2.95. The van der Waals surface area contributed by atoms with Crippen LogP contribution < -0.4 is 0 Å². The summed E-state index contributed by atoms with van der Waals surface area (Å²) < 4.78 is 0. The molecule has 3 atom stereocenters. The van der Waals surface area contributed by atoms with E-state index in [0.717, 1.165) is 23.8 Å². The number of hydrogen-bond acceptors (Lipinski definition) is 1. The molecule has 1 heteroatoms. The van der Waals surface area contributed by atoms with Crippen molar-refractivity contribution in [1.29, 1.82) is 0 Å². The van der Waals surface area contributed by atoms with Gasteiger partial charge in [-0.15, -0.1) is 0 Å². The highest BCUT2D eigenvalue weighted by Gasteiger charge is 2.42. The fourth-order valence-electron chi connectivity index (χ4n) is 4.95. The average Bonchev–Trinajstić information content (AvgIpc) is 3.11. The van der Waals surface area contributed by atoms with Crippen molar-refractivity contribution in [3.05, 3.63) is 35.9 Å². The second-order valence-corrected chi connectivity index (χ2v) is 6.96. The molecular formula is C18H25N. The zero-order chi connectivity index (χ0) is 12.7. The molecule has 0 amide bonds. The second kappa shape index (κ2) is 4.94. The van der Waals surface area contributed by atoms with Crippen molar-refractivity contribution in [3.63, 3.8) is 0 Å². The van der Waals surface area contributed by atoms with Crippen LogP contribution >= 0.6 is 0 Å². The van der Waals surface area contributed by atoms with Gasteiger partial charge in [0.15, 0.2) is 0 Å². The molecule has 1 heterocycles. The van der Waals surface area contributed by atoms with Gasteiger partial charge in [-0.2, -0.15) is 0 Å². The summed E-state index contributed by atoms with van der Waals surface area (Å²) in [6.45, 7) is 2.68. The molecule has 3 unspecified atom stereocenters. The lowest BCUT2D eigenvalue weighted by Gasteiger charge is -2.39. The van der Waals surface area contributed by atoms with Crippen LogP contribution in [0.3, 0.4) is 0 Å². The van der Waals surface area contributed by atoms with Crippen molar-refractivity contribution in [2.45, 2.75) is 50.5 Å². The minimum atomic E-state index is 0.816. The third-order valence-corrected chi connectivity index (χ3v) is 5.97. The highest BCUT2D eigenvalue weighted by Crippen LogP contribution is 2.47. The lowest BCUT2D eigenvalue weighted by Crippen LogP contribution is -2.43. The van der Waals surface area contributed by atoms with Gasteiger partial charge in [0.25, 0.3) is 0 Å². The first-order valence-electron chi connectivity index (χ1n) is 8.19. The van der Waals surface area contributed by atoms with Crippen LogP contribution in [-0.2, 0) is 0 Å². The van der Waals surface area contributed by atoms with E-state index in [-0.39, 0.29) is 0 Å². The third-order valence-electron chi connectivity index (χ3n) is 5.97. The molecule has 1 nitrogen and oxygen atoms in total. The maximum absolute atomic E-state index is 2.84. The number of fused-ring (bicyclic) bond motifs is 2. The summed E-state index contributed by atoms with van der Waals surface area (Å²) in [5, 5.41) is 0. The number of likely N-dealkylation sites (tertiary alicyclic amines) is 1. The number of hydrogen-bond donors (Lipinski definition) is 0. The van der Waals surface area contributed by atoms with Crippen LogP contribution in [0, 0.1) is 11.8 Å². The van der Waals surface area contributed by atoms with Gasteiger partial charge in [-0.1, -0.05) is 36.8 Å². The summed E-state index contributed by atoms with van der Waals surface area (Å²) in [6.07, 6.45) is 8.86. The third kappa shape index (κ3) is 2.23. The summed E-state index contributed by atoms with van der Waals surface area (Å²) in [7, 11) is 0. The number of benzene rings is 1. The second-order valence-electron chi connectivity index (χ2n) is 6.96. The lowest BCUT2D eigenvalue weighted by molar-refractivity contribution is 0.111. The minimum Gasteiger partial charge on any atom is -0.300 e. The molecule has 4 rings (SSSR count). The molecule has 102 valence electrons. The van der Waals surface area contributed by atoms with Gasteiger partial charge in [-0.3, -0.25) is 0 Å². The monoisotopic (exact) mass is 255 g/mol. The predicted molar refractivity (Wildman–Crippen MR) is 79.2 cm³/mol. The van der Waals surface area contributed by atoms with E-state index in [4.69, 9.17) is 0 Å². The van der Waals surface area contributed by atoms with E-state index < -0.39 is 0 Å². The molecule has 0 radical (unpaired) electrons. The van der Waals surface area contributed by atoms with Crippen LogP contribution in [0.25, 0.3) is 0 Å². The maximum atomic E-state index is 2.84. The largest absolute Gasteiger partial charge is 0.300 e. The Morgan fingerprint density at radius 2 is 1.63 bits per heavy atom. The fraction of sp³-hybridized carbons (Fsp3) is 0.667. The van der Waals surface area contributed by atoms with E-state index in [2.05, 4.69) is 35.2 Å². The molecule has 19 heavy (non-hydrogen) atoms. The Morgan fingerprint density at radius 3 is 2.26 bits per heavy atom. The quantitative estimate of drug-likeness (QED) is 0.770. The van der Waals surface area contributed by atoms with Crippen molar-refractivity contribution in [2.24, 2.45) is 11.8 Å². The molecule has 0 N–H and O–H groups in total. The van der Waals surface area contributed by atoms with E-state index in [9.17, 15) is 0 Å². The molecule has 0 aromatic heterocycles. The Labute approximate surface area is 117 Å². The summed E-state index contributed by atoms with van der Waals surface area (Å²) in [6, 6.07) is 12.1. The van der Waals surface area contributed by atoms with E-state index in [0.29, 0.717) is 0 Å². The topological polar surface area (TPSA) is 3.24 Å². The van der Waals surface area contributed by atoms with E-state index in [1.54, 1.807) is 12.0 Å². The molecule has 1 aliphatic heterocycles. The highest BCUT2D eigenvalue weighted by molar-refractivity contribution is 5.20. The van der Waals surface area contributed by atoms with Crippen LogP contribution in [0.2, 0.25) is 0 Å². The highest BCUT2D eigenvalue weighted by atomic mass is 15.2. The van der Waals surface area contributed by atoms with Crippen molar-refractivity contribution in [1.82, 2.24) is 4.90 Å². The van der Waals surface area contributed by atoms with Gasteiger partial charge in [-0.25, -0.2) is 0 Å². The normalized spacial score (nSPS) is 35.9. The molecular weight excluding hydrogens is 230 g/mol. The van der Waals surface area contributed by atoms with Gasteiger partial charge in [-0.05, 0) is 68.5 Å². The molecule has 2 saturated carbocycles. The molecule has 0 spiro atoms. The summed E-state index contributed by atoms with van der Waals surface area (Å²) in [5.41, 5.74) is 1.56. The van der Waals surface area contributed by atoms with Crippen molar-refractivity contribution in [3.8, 4) is 0 Å². The molecule has 2 bridgehead atoms. The SMILES string of the molecule is c1ccc(C2CCN(C3CC4CCC3C4)CC2)cc1. The van der Waals surface area contributed by atoms with Crippen LogP contribution in [0.4, 0.5) is 0 Å². The number of rotatable bonds is 2. The molecule has 3 fully saturated rings. The van der Waals surface area contributed by atoms with Gasteiger partial charge in [0.1, 0.15) is 0 Å². The Bertz CT molecular complexity index is 419. The average molecular weight is 255 g/mol. The lowest BCUT2D eigenvalue weighted by atomic mass is 9.86. The van der Waals surface area contributed by atoms with Crippen LogP contribution in [0.1, 0.15) is 50.0 Å². The molecule has 3 aliphatic rings. The van der Waals surface area contributed by atoms with E-state index in [1.165, 1.54) is 45.2 Å².